The highest BCUT2D eigenvalue weighted by molar-refractivity contribution is 9.18. The Morgan fingerprint density at radius 3 is 2.80 bits per heavy atom. The number of aromatic nitrogens is 3. The molecule has 6 nitrogen and oxygen atoms in total. The van der Waals surface area contributed by atoms with Gasteiger partial charge in [-0.05, 0) is 27.5 Å². The molecule has 0 aliphatic rings. The summed E-state index contributed by atoms with van der Waals surface area (Å²) in [5.41, 5.74) is 0.524. The van der Waals surface area contributed by atoms with Gasteiger partial charge in [0.1, 0.15) is 16.2 Å². The average molecular weight is 377 g/mol. The van der Waals surface area contributed by atoms with E-state index in [9.17, 15) is 13.2 Å². The van der Waals surface area contributed by atoms with Crippen LogP contribution in [0.3, 0.4) is 0 Å². The average Bonchev–Trinajstić information content (AvgIpc) is 2.88. The van der Waals surface area contributed by atoms with Gasteiger partial charge in [-0.25, -0.2) is 18.0 Å². The van der Waals surface area contributed by atoms with Crippen LogP contribution in [0.2, 0.25) is 0 Å². The molecule has 0 saturated carbocycles. The number of aryl methyl sites for hydroxylation is 1. The molecule has 0 atom stereocenters. The van der Waals surface area contributed by atoms with Crippen molar-refractivity contribution < 1.29 is 17.8 Å². The molecule has 2 heterocycles. The first-order valence-electron chi connectivity index (χ1n) is 5.56. The number of hydrogen-bond donors (Lipinski definition) is 0. The SMILES string of the molecule is CS(=O)(=O)c1c[n+](CCC(=O)Br)ccc1-c1ncns1. The minimum absolute atomic E-state index is 0.126. The fraction of sp³-hybridized carbons (Fsp3) is 0.273. The second-order valence-electron chi connectivity index (χ2n) is 4.08. The van der Waals surface area contributed by atoms with Gasteiger partial charge < -0.3 is 0 Å². The van der Waals surface area contributed by atoms with E-state index in [1.54, 1.807) is 16.8 Å². The molecule has 0 fully saturated rings. The molecular formula is C11H11BrN3O3S2+. The summed E-state index contributed by atoms with van der Waals surface area (Å²) in [6.45, 7) is 0.406. The van der Waals surface area contributed by atoms with Crippen molar-refractivity contribution in [2.45, 2.75) is 17.9 Å². The van der Waals surface area contributed by atoms with Gasteiger partial charge in [0, 0.05) is 17.9 Å². The summed E-state index contributed by atoms with van der Waals surface area (Å²) in [6.07, 6.45) is 6.05. The Labute approximate surface area is 128 Å². The van der Waals surface area contributed by atoms with E-state index in [0.717, 1.165) is 17.8 Å². The van der Waals surface area contributed by atoms with Crippen LogP contribution >= 0.6 is 27.5 Å². The Morgan fingerprint density at radius 1 is 1.50 bits per heavy atom. The van der Waals surface area contributed by atoms with Crippen LogP contribution < -0.4 is 4.57 Å². The highest BCUT2D eigenvalue weighted by Gasteiger charge is 2.21. The molecule has 0 bridgehead atoms. The number of halogens is 1. The molecule has 0 amide bonds. The number of carbonyl (C=O) groups is 1. The highest BCUT2D eigenvalue weighted by atomic mass is 79.9. The molecule has 0 N–H and O–H groups in total. The number of pyridine rings is 1. The molecule has 0 saturated heterocycles. The van der Waals surface area contributed by atoms with Gasteiger partial charge in [-0.1, -0.05) is 0 Å². The Balaban J connectivity index is 2.47. The van der Waals surface area contributed by atoms with Crippen LogP contribution in [0.15, 0.2) is 29.7 Å². The fourth-order valence-electron chi connectivity index (χ4n) is 1.64. The van der Waals surface area contributed by atoms with Crippen LogP contribution in [0.1, 0.15) is 6.42 Å². The van der Waals surface area contributed by atoms with Crippen LogP contribution in [0.25, 0.3) is 10.6 Å². The van der Waals surface area contributed by atoms with Crippen molar-refractivity contribution in [3.05, 3.63) is 24.8 Å². The smallest absolute Gasteiger partial charge is 0.204 e. The van der Waals surface area contributed by atoms with Crippen molar-refractivity contribution in [1.82, 2.24) is 9.36 Å². The second kappa shape index (κ2) is 6.06. The number of hydrogen-bond acceptors (Lipinski definition) is 6. The molecule has 106 valence electrons. The molecule has 2 rings (SSSR count). The van der Waals surface area contributed by atoms with E-state index in [1.165, 1.54) is 12.5 Å². The predicted molar refractivity (Wildman–Crippen MR) is 77.2 cm³/mol. The van der Waals surface area contributed by atoms with Crippen LogP contribution in [0.4, 0.5) is 0 Å². The molecule has 9 heteroatoms. The van der Waals surface area contributed by atoms with Crippen LogP contribution in [-0.2, 0) is 21.2 Å². The maximum absolute atomic E-state index is 11.9. The Bertz CT molecular complexity index is 729. The van der Waals surface area contributed by atoms with Gasteiger partial charge in [-0.2, -0.15) is 4.37 Å². The first-order valence-corrected chi connectivity index (χ1v) is 9.02. The summed E-state index contributed by atoms with van der Waals surface area (Å²) >= 11 is 3.98. The second-order valence-corrected chi connectivity index (χ2v) is 7.73. The molecule has 20 heavy (non-hydrogen) atoms. The van der Waals surface area contributed by atoms with E-state index in [1.807, 2.05) is 0 Å². The third-order valence-electron chi connectivity index (χ3n) is 2.54. The first kappa shape index (κ1) is 15.2. The highest BCUT2D eigenvalue weighted by Crippen LogP contribution is 2.26. The van der Waals surface area contributed by atoms with E-state index in [-0.39, 0.29) is 16.0 Å². The third-order valence-corrected chi connectivity index (χ3v) is 4.76. The predicted octanol–water partition coefficient (Wildman–Crippen LogP) is 1.21. The molecule has 2 aromatic rings. The summed E-state index contributed by atoms with van der Waals surface area (Å²) in [6, 6.07) is 1.68. The molecule has 0 spiro atoms. The largest absolute Gasteiger partial charge is 0.286 e. The zero-order valence-electron chi connectivity index (χ0n) is 10.5. The Morgan fingerprint density at radius 2 is 2.25 bits per heavy atom. The quantitative estimate of drug-likeness (QED) is 0.578. The van der Waals surface area contributed by atoms with Crippen LogP contribution in [0, 0.1) is 0 Å². The van der Waals surface area contributed by atoms with Crippen molar-refractivity contribution in [2.24, 2.45) is 0 Å². The first-order chi connectivity index (χ1) is 9.38. The van der Waals surface area contributed by atoms with Crippen molar-refractivity contribution in [3.8, 4) is 10.6 Å². The van der Waals surface area contributed by atoms with Crippen molar-refractivity contribution in [1.29, 1.82) is 0 Å². The van der Waals surface area contributed by atoms with Crippen LogP contribution in [-0.4, -0.2) is 28.7 Å². The molecule has 0 radical (unpaired) electrons. The fourth-order valence-corrected chi connectivity index (χ4v) is 3.33. The third kappa shape index (κ3) is 3.68. The van der Waals surface area contributed by atoms with E-state index >= 15 is 0 Å². The lowest BCUT2D eigenvalue weighted by atomic mass is 10.3. The van der Waals surface area contributed by atoms with E-state index in [0.29, 0.717) is 17.1 Å². The van der Waals surface area contributed by atoms with Gasteiger partial charge >= 0.3 is 0 Å². The molecule has 2 aromatic heterocycles. The zero-order valence-corrected chi connectivity index (χ0v) is 13.7. The summed E-state index contributed by atoms with van der Waals surface area (Å²) in [7, 11) is -3.40. The van der Waals surface area contributed by atoms with E-state index in [4.69, 9.17) is 0 Å². The standard InChI is InChI=1S/C11H11BrN3O3S2/c1-20(17,18)9-6-15(5-3-10(12)16)4-2-8(9)11-13-7-14-19-11/h2,4,6-7H,3,5H2,1H3/q+1. The minimum Gasteiger partial charge on any atom is -0.286 e. The van der Waals surface area contributed by atoms with Gasteiger partial charge in [0.05, 0.1) is 6.42 Å². The lowest BCUT2D eigenvalue weighted by Crippen LogP contribution is -2.34. The van der Waals surface area contributed by atoms with Gasteiger partial charge in [-0.3, -0.25) is 4.79 Å². The van der Waals surface area contributed by atoms with Gasteiger partial charge in [0.2, 0.25) is 4.69 Å². The van der Waals surface area contributed by atoms with Gasteiger partial charge in [0.15, 0.2) is 28.8 Å². The number of carbonyl (C=O) groups excluding carboxylic acids is 1. The zero-order chi connectivity index (χ0) is 14.8. The molecule has 0 unspecified atom stereocenters. The van der Waals surface area contributed by atoms with Crippen molar-refractivity contribution >= 4 is 42.0 Å². The van der Waals surface area contributed by atoms with E-state index < -0.39 is 9.84 Å². The van der Waals surface area contributed by atoms with Gasteiger partial charge in [-0.15, -0.1) is 0 Å². The molecule has 0 aliphatic carbocycles. The van der Waals surface area contributed by atoms with E-state index in [2.05, 4.69) is 25.3 Å². The summed E-state index contributed by atoms with van der Waals surface area (Å²) < 4.78 is 29.2. The molecule has 0 aromatic carbocycles. The summed E-state index contributed by atoms with van der Waals surface area (Å²) in [5, 5.41) is 0.550. The van der Waals surface area contributed by atoms with Gasteiger partial charge in [0.25, 0.3) is 0 Å². The minimum atomic E-state index is -3.40. The Hall–Kier alpha value is -1.19. The number of rotatable bonds is 5. The van der Waals surface area contributed by atoms with Crippen molar-refractivity contribution in [2.75, 3.05) is 6.26 Å². The lowest BCUT2D eigenvalue weighted by Gasteiger charge is -2.04. The summed E-state index contributed by atoms with van der Waals surface area (Å²) in [4.78, 5) is 15.1. The molecule has 0 aliphatic heterocycles. The topological polar surface area (TPSA) is 80.9 Å². The maximum Gasteiger partial charge on any atom is 0.204 e. The Kier molecular flexibility index (Phi) is 4.61. The normalized spacial score (nSPS) is 11.5. The monoisotopic (exact) mass is 376 g/mol. The number of nitrogens with zero attached hydrogens (tertiary/aromatic N) is 3. The van der Waals surface area contributed by atoms with Crippen LogP contribution in [0.5, 0.6) is 0 Å². The van der Waals surface area contributed by atoms with Crippen molar-refractivity contribution in [3.63, 3.8) is 0 Å². The lowest BCUT2D eigenvalue weighted by molar-refractivity contribution is -0.697. The number of sulfone groups is 1. The molecular weight excluding hydrogens is 366 g/mol. The maximum atomic E-state index is 11.9. The summed E-state index contributed by atoms with van der Waals surface area (Å²) in [5.74, 6) is 0.